The van der Waals surface area contributed by atoms with E-state index >= 15 is 0 Å². The average molecular weight is 296 g/mol. The minimum absolute atomic E-state index is 0.249. The van der Waals surface area contributed by atoms with Crippen LogP contribution in [0.15, 0.2) is 35.1 Å². The van der Waals surface area contributed by atoms with Gasteiger partial charge in [0.15, 0.2) is 0 Å². The molecule has 0 atom stereocenters. The van der Waals surface area contributed by atoms with E-state index in [0.717, 1.165) is 15.7 Å². The van der Waals surface area contributed by atoms with E-state index in [9.17, 15) is 4.39 Å². The number of hydrogen-bond acceptors (Lipinski definition) is 3. The quantitative estimate of drug-likeness (QED) is 0.944. The first-order valence-corrected chi connectivity index (χ1v) is 5.91. The summed E-state index contributed by atoms with van der Waals surface area (Å²) in [5.41, 5.74) is 1.66. The fourth-order valence-electron chi connectivity index (χ4n) is 1.44. The fourth-order valence-corrected chi connectivity index (χ4v) is 1.83. The summed E-state index contributed by atoms with van der Waals surface area (Å²) in [7, 11) is 0. The molecule has 0 aliphatic carbocycles. The molecule has 0 fully saturated rings. The molecule has 1 aromatic heterocycles. The van der Waals surface area contributed by atoms with E-state index < -0.39 is 0 Å². The Morgan fingerprint density at radius 2 is 2.06 bits per heavy atom. The highest BCUT2D eigenvalue weighted by molar-refractivity contribution is 9.10. The minimum atomic E-state index is -0.249. The smallest absolute Gasteiger partial charge is 0.147 e. The molecule has 1 heterocycles. The molecule has 5 heteroatoms. The molecule has 0 saturated carbocycles. The van der Waals surface area contributed by atoms with E-state index in [-0.39, 0.29) is 5.82 Å². The molecular weight excluding hydrogens is 285 g/mol. The summed E-state index contributed by atoms with van der Waals surface area (Å²) in [6, 6.07) is 4.60. The SMILES string of the molecule is Cc1nccnc1NCc1cc(F)ccc1Br. The monoisotopic (exact) mass is 295 g/mol. The summed E-state index contributed by atoms with van der Waals surface area (Å²) in [6.07, 6.45) is 3.26. The van der Waals surface area contributed by atoms with Crippen molar-refractivity contribution in [1.29, 1.82) is 0 Å². The second-order valence-electron chi connectivity index (χ2n) is 3.58. The van der Waals surface area contributed by atoms with Crippen molar-refractivity contribution in [2.24, 2.45) is 0 Å². The summed E-state index contributed by atoms with van der Waals surface area (Å²) < 4.78 is 13.9. The highest BCUT2D eigenvalue weighted by atomic mass is 79.9. The first-order chi connectivity index (χ1) is 8.16. The second-order valence-corrected chi connectivity index (χ2v) is 4.43. The van der Waals surface area contributed by atoms with Crippen molar-refractivity contribution < 1.29 is 4.39 Å². The second kappa shape index (κ2) is 5.23. The Labute approximate surface area is 107 Å². The Balaban J connectivity index is 2.12. The molecule has 0 bridgehead atoms. The van der Waals surface area contributed by atoms with Gasteiger partial charge in [0, 0.05) is 23.4 Å². The molecule has 1 N–H and O–H groups in total. The number of hydrogen-bond donors (Lipinski definition) is 1. The molecule has 3 nitrogen and oxygen atoms in total. The maximum Gasteiger partial charge on any atom is 0.147 e. The van der Waals surface area contributed by atoms with E-state index in [2.05, 4.69) is 31.2 Å². The van der Waals surface area contributed by atoms with Crippen molar-refractivity contribution in [1.82, 2.24) is 9.97 Å². The topological polar surface area (TPSA) is 37.8 Å². The van der Waals surface area contributed by atoms with Crippen LogP contribution in [-0.2, 0) is 6.54 Å². The van der Waals surface area contributed by atoms with Crippen LogP contribution in [0.1, 0.15) is 11.3 Å². The summed E-state index contributed by atoms with van der Waals surface area (Å²) in [4.78, 5) is 8.28. The van der Waals surface area contributed by atoms with Gasteiger partial charge in [0.2, 0.25) is 0 Å². The van der Waals surface area contributed by atoms with Gasteiger partial charge in [-0.05, 0) is 30.7 Å². The Morgan fingerprint density at radius 3 is 2.82 bits per heavy atom. The molecular formula is C12H11BrFN3. The summed E-state index contributed by atoms with van der Waals surface area (Å²) in [5, 5.41) is 3.13. The van der Waals surface area contributed by atoms with E-state index in [0.29, 0.717) is 12.4 Å². The molecule has 0 radical (unpaired) electrons. The van der Waals surface area contributed by atoms with Crippen molar-refractivity contribution in [3.8, 4) is 0 Å². The lowest BCUT2D eigenvalue weighted by molar-refractivity contribution is 0.625. The lowest BCUT2D eigenvalue weighted by Gasteiger charge is -2.08. The zero-order valence-electron chi connectivity index (χ0n) is 9.24. The highest BCUT2D eigenvalue weighted by Gasteiger charge is 2.04. The number of nitrogens with one attached hydrogen (secondary N) is 1. The molecule has 1 aromatic carbocycles. The predicted molar refractivity (Wildman–Crippen MR) is 68.2 cm³/mol. The van der Waals surface area contributed by atoms with Crippen molar-refractivity contribution in [3.63, 3.8) is 0 Å². The van der Waals surface area contributed by atoms with Crippen molar-refractivity contribution in [2.45, 2.75) is 13.5 Å². The molecule has 0 saturated heterocycles. The lowest BCUT2D eigenvalue weighted by Crippen LogP contribution is -2.04. The largest absolute Gasteiger partial charge is 0.364 e. The van der Waals surface area contributed by atoms with Crippen molar-refractivity contribution >= 4 is 21.7 Å². The third kappa shape index (κ3) is 3.00. The standard InChI is InChI=1S/C12H11BrFN3/c1-8-12(16-5-4-15-8)17-7-9-6-10(14)2-3-11(9)13/h2-6H,7H2,1H3,(H,16,17). The first kappa shape index (κ1) is 12.0. The molecule has 0 unspecified atom stereocenters. The maximum atomic E-state index is 13.1. The molecule has 0 aliphatic rings. The van der Waals surface area contributed by atoms with Gasteiger partial charge in [0.05, 0.1) is 5.69 Å². The Kier molecular flexibility index (Phi) is 3.68. The predicted octanol–water partition coefficient (Wildman–Crippen LogP) is 3.30. The van der Waals surface area contributed by atoms with Gasteiger partial charge in [0.25, 0.3) is 0 Å². The van der Waals surface area contributed by atoms with Gasteiger partial charge in [-0.15, -0.1) is 0 Å². The van der Waals surface area contributed by atoms with E-state index in [1.165, 1.54) is 12.1 Å². The average Bonchev–Trinajstić information content (AvgIpc) is 2.32. The number of aryl methyl sites for hydroxylation is 1. The zero-order chi connectivity index (χ0) is 12.3. The van der Waals surface area contributed by atoms with Crippen LogP contribution in [0, 0.1) is 12.7 Å². The van der Waals surface area contributed by atoms with E-state index in [1.54, 1.807) is 18.5 Å². The maximum absolute atomic E-state index is 13.1. The number of rotatable bonds is 3. The van der Waals surface area contributed by atoms with Gasteiger partial charge in [-0.3, -0.25) is 4.98 Å². The van der Waals surface area contributed by atoms with Crippen molar-refractivity contribution in [2.75, 3.05) is 5.32 Å². The van der Waals surface area contributed by atoms with Crippen molar-refractivity contribution in [3.05, 3.63) is 52.1 Å². The number of halogens is 2. The molecule has 17 heavy (non-hydrogen) atoms. The van der Waals surface area contributed by atoms with E-state index in [1.807, 2.05) is 6.92 Å². The third-order valence-corrected chi connectivity index (χ3v) is 3.11. The molecule has 2 aromatic rings. The molecule has 2 rings (SSSR count). The minimum Gasteiger partial charge on any atom is -0.364 e. The molecule has 0 spiro atoms. The van der Waals surface area contributed by atoms with Crippen LogP contribution < -0.4 is 5.32 Å². The van der Waals surface area contributed by atoms with Gasteiger partial charge in [-0.2, -0.15) is 0 Å². The Bertz CT molecular complexity index is 531. The van der Waals surface area contributed by atoms with Crippen LogP contribution in [0.5, 0.6) is 0 Å². The van der Waals surface area contributed by atoms with Gasteiger partial charge >= 0.3 is 0 Å². The summed E-state index contributed by atoms with van der Waals surface area (Å²) in [5.74, 6) is 0.463. The highest BCUT2D eigenvalue weighted by Crippen LogP contribution is 2.19. The van der Waals surface area contributed by atoms with Crippen LogP contribution in [0.25, 0.3) is 0 Å². The number of aromatic nitrogens is 2. The van der Waals surface area contributed by atoms with Crippen LogP contribution in [-0.4, -0.2) is 9.97 Å². The van der Waals surface area contributed by atoms with Gasteiger partial charge in [-0.25, -0.2) is 9.37 Å². The molecule has 0 amide bonds. The van der Waals surface area contributed by atoms with Crippen LogP contribution in [0.2, 0.25) is 0 Å². The van der Waals surface area contributed by atoms with Gasteiger partial charge in [0.1, 0.15) is 11.6 Å². The van der Waals surface area contributed by atoms with E-state index in [4.69, 9.17) is 0 Å². The first-order valence-electron chi connectivity index (χ1n) is 5.12. The molecule has 88 valence electrons. The summed E-state index contributed by atoms with van der Waals surface area (Å²) >= 11 is 3.38. The fraction of sp³-hybridized carbons (Fsp3) is 0.167. The molecule has 0 aliphatic heterocycles. The Hall–Kier alpha value is -1.49. The third-order valence-electron chi connectivity index (χ3n) is 2.34. The van der Waals surface area contributed by atoms with Crippen LogP contribution in [0.4, 0.5) is 10.2 Å². The zero-order valence-corrected chi connectivity index (χ0v) is 10.8. The van der Waals surface area contributed by atoms with Gasteiger partial charge in [-0.1, -0.05) is 15.9 Å². The normalized spacial score (nSPS) is 10.3. The Morgan fingerprint density at radius 1 is 1.29 bits per heavy atom. The van der Waals surface area contributed by atoms with Gasteiger partial charge < -0.3 is 5.32 Å². The number of anilines is 1. The number of benzene rings is 1. The van der Waals surface area contributed by atoms with Crippen LogP contribution in [0.3, 0.4) is 0 Å². The lowest BCUT2D eigenvalue weighted by atomic mass is 10.2. The van der Waals surface area contributed by atoms with Crippen LogP contribution >= 0.6 is 15.9 Å². The number of nitrogens with zero attached hydrogens (tertiary/aromatic N) is 2. The summed E-state index contributed by atoms with van der Waals surface area (Å²) in [6.45, 7) is 2.37.